The van der Waals surface area contributed by atoms with Crippen molar-refractivity contribution in [2.75, 3.05) is 11.9 Å². The monoisotopic (exact) mass is 305 g/mol. The first-order valence-electron chi connectivity index (χ1n) is 8.60. The van der Waals surface area contributed by atoms with Crippen molar-refractivity contribution in [1.82, 2.24) is 9.78 Å². The Labute approximate surface area is 132 Å². The van der Waals surface area contributed by atoms with Gasteiger partial charge in [0.05, 0.1) is 5.69 Å². The molecule has 2 aliphatic rings. The highest BCUT2D eigenvalue weighted by molar-refractivity contribution is 5.93. The maximum Gasteiger partial charge on any atom is 0.254 e. The van der Waals surface area contributed by atoms with E-state index >= 15 is 0 Å². The average Bonchev–Trinajstić information content (AvgIpc) is 2.89. The van der Waals surface area contributed by atoms with Crippen LogP contribution in [0.3, 0.4) is 0 Å². The highest BCUT2D eigenvalue weighted by atomic mass is 16.5. The molecule has 0 radical (unpaired) electrons. The summed E-state index contributed by atoms with van der Waals surface area (Å²) in [6.07, 6.45) is 7.87. The minimum absolute atomic E-state index is 0.0373. The van der Waals surface area contributed by atoms with E-state index in [1.807, 2.05) is 13.1 Å². The Hall–Kier alpha value is -1.36. The SMILES string of the molecule is C[C@H]1CCO[C@H](C(=O)Nc2cc(C3CCCCC3)nn2C)C1. The van der Waals surface area contributed by atoms with Crippen LogP contribution in [-0.2, 0) is 16.6 Å². The first-order chi connectivity index (χ1) is 10.6. The number of aromatic nitrogens is 2. The smallest absolute Gasteiger partial charge is 0.254 e. The molecule has 1 aromatic heterocycles. The lowest BCUT2D eigenvalue weighted by Crippen LogP contribution is -2.36. The molecule has 2 fully saturated rings. The summed E-state index contributed by atoms with van der Waals surface area (Å²) in [5.74, 6) is 1.85. The fourth-order valence-corrected chi connectivity index (χ4v) is 3.56. The number of nitrogens with zero attached hydrogens (tertiary/aromatic N) is 2. The van der Waals surface area contributed by atoms with Gasteiger partial charge in [0.2, 0.25) is 0 Å². The van der Waals surface area contributed by atoms with Crippen molar-refractivity contribution >= 4 is 11.7 Å². The van der Waals surface area contributed by atoms with Crippen LogP contribution in [0.25, 0.3) is 0 Å². The summed E-state index contributed by atoms with van der Waals surface area (Å²) in [5.41, 5.74) is 1.12. The number of hydrogen-bond acceptors (Lipinski definition) is 3. The van der Waals surface area contributed by atoms with Crippen LogP contribution in [0.2, 0.25) is 0 Å². The van der Waals surface area contributed by atoms with Crippen molar-refractivity contribution < 1.29 is 9.53 Å². The van der Waals surface area contributed by atoms with Crippen molar-refractivity contribution in [3.8, 4) is 0 Å². The molecule has 0 bridgehead atoms. The molecule has 22 heavy (non-hydrogen) atoms. The zero-order valence-corrected chi connectivity index (χ0v) is 13.7. The predicted molar refractivity (Wildman–Crippen MR) is 85.8 cm³/mol. The topological polar surface area (TPSA) is 56.1 Å². The van der Waals surface area contributed by atoms with Gasteiger partial charge in [0.25, 0.3) is 5.91 Å². The van der Waals surface area contributed by atoms with Gasteiger partial charge in [-0.25, -0.2) is 0 Å². The number of carbonyl (C=O) groups excluding carboxylic acids is 1. The normalized spacial score (nSPS) is 26.8. The molecule has 122 valence electrons. The zero-order valence-electron chi connectivity index (χ0n) is 13.7. The molecule has 3 rings (SSSR count). The largest absolute Gasteiger partial charge is 0.368 e. The van der Waals surface area contributed by atoms with Crippen molar-refractivity contribution in [2.45, 2.75) is 63.9 Å². The van der Waals surface area contributed by atoms with Gasteiger partial charge in [-0.3, -0.25) is 9.48 Å². The second-order valence-corrected chi connectivity index (χ2v) is 6.89. The zero-order chi connectivity index (χ0) is 15.5. The summed E-state index contributed by atoms with van der Waals surface area (Å²) in [7, 11) is 1.90. The Balaban J connectivity index is 1.64. The second kappa shape index (κ2) is 6.82. The molecule has 1 saturated heterocycles. The molecule has 1 aromatic rings. The highest BCUT2D eigenvalue weighted by Gasteiger charge is 2.27. The van der Waals surface area contributed by atoms with Crippen molar-refractivity contribution in [3.05, 3.63) is 11.8 Å². The third-order valence-electron chi connectivity index (χ3n) is 5.01. The van der Waals surface area contributed by atoms with Gasteiger partial charge in [-0.2, -0.15) is 5.10 Å². The number of anilines is 1. The molecule has 0 spiro atoms. The van der Waals surface area contributed by atoms with Crippen LogP contribution in [0.4, 0.5) is 5.82 Å². The minimum atomic E-state index is -0.322. The third kappa shape index (κ3) is 3.51. The van der Waals surface area contributed by atoms with Crippen LogP contribution in [0, 0.1) is 5.92 Å². The van der Waals surface area contributed by atoms with E-state index in [2.05, 4.69) is 17.3 Å². The van der Waals surface area contributed by atoms with E-state index in [-0.39, 0.29) is 12.0 Å². The minimum Gasteiger partial charge on any atom is -0.368 e. The summed E-state index contributed by atoms with van der Waals surface area (Å²) in [6.45, 7) is 2.85. The maximum atomic E-state index is 12.4. The molecular weight excluding hydrogens is 278 g/mol. The molecule has 2 atom stereocenters. The molecule has 1 aliphatic carbocycles. The van der Waals surface area contributed by atoms with Crippen LogP contribution < -0.4 is 5.32 Å². The number of hydrogen-bond donors (Lipinski definition) is 1. The number of nitrogens with one attached hydrogen (secondary N) is 1. The van der Waals surface area contributed by atoms with Gasteiger partial charge in [-0.1, -0.05) is 26.2 Å². The Kier molecular flexibility index (Phi) is 4.81. The summed E-state index contributed by atoms with van der Waals surface area (Å²) in [4.78, 5) is 12.4. The maximum absolute atomic E-state index is 12.4. The summed E-state index contributed by atoms with van der Waals surface area (Å²) < 4.78 is 7.39. The Morgan fingerprint density at radius 3 is 2.82 bits per heavy atom. The lowest BCUT2D eigenvalue weighted by Gasteiger charge is -2.26. The summed E-state index contributed by atoms with van der Waals surface area (Å²) in [6, 6.07) is 2.04. The molecule has 0 unspecified atom stereocenters. The number of ether oxygens (including phenoxy) is 1. The average molecular weight is 305 g/mol. The van der Waals surface area contributed by atoms with Gasteiger partial charge in [0.1, 0.15) is 11.9 Å². The van der Waals surface area contributed by atoms with Crippen LogP contribution in [0.5, 0.6) is 0 Å². The van der Waals surface area contributed by atoms with Gasteiger partial charge >= 0.3 is 0 Å². The fourth-order valence-electron chi connectivity index (χ4n) is 3.56. The van der Waals surface area contributed by atoms with Crippen molar-refractivity contribution in [3.63, 3.8) is 0 Å². The Morgan fingerprint density at radius 2 is 2.09 bits per heavy atom. The van der Waals surface area contributed by atoms with Crippen LogP contribution >= 0.6 is 0 Å². The third-order valence-corrected chi connectivity index (χ3v) is 5.01. The highest BCUT2D eigenvalue weighted by Crippen LogP contribution is 2.33. The molecule has 5 nitrogen and oxygen atoms in total. The van der Waals surface area contributed by atoms with Gasteiger partial charge < -0.3 is 10.1 Å². The molecule has 2 heterocycles. The van der Waals surface area contributed by atoms with E-state index in [4.69, 9.17) is 4.74 Å². The van der Waals surface area contributed by atoms with Crippen molar-refractivity contribution in [1.29, 1.82) is 0 Å². The molecule has 1 amide bonds. The van der Waals surface area contributed by atoms with Gasteiger partial charge in [0.15, 0.2) is 0 Å². The van der Waals surface area contributed by atoms with Crippen LogP contribution in [0.1, 0.15) is 63.5 Å². The van der Waals surface area contributed by atoms with Crippen molar-refractivity contribution in [2.24, 2.45) is 13.0 Å². The Bertz CT molecular complexity index is 520. The number of rotatable bonds is 3. The number of aryl methyl sites for hydroxylation is 1. The van der Waals surface area contributed by atoms with E-state index in [9.17, 15) is 4.79 Å². The molecular formula is C17H27N3O2. The van der Waals surface area contributed by atoms with E-state index in [1.54, 1.807) is 4.68 Å². The lowest BCUT2D eigenvalue weighted by molar-refractivity contribution is -0.131. The molecule has 5 heteroatoms. The Morgan fingerprint density at radius 1 is 1.32 bits per heavy atom. The quantitative estimate of drug-likeness (QED) is 0.933. The standard InChI is InChI=1S/C17H27N3O2/c1-12-8-9-22-15(10-12)17(21)18-16-11-14(19-20(16)2)13-6-4-3-5-7-13/h11-13,15H,3-10H2,1-2H3,(H,18,21)/t12-,15-/m0/s1. The van der Waals surface area contributed by atoms with Gasteiger partial charge in [-0.05, 0) is 31.6 Å². The number of carbonyl (C=O) groups is 1. The predicted octanol–water partition coefficient (Wildman–Crippen LogP) is 3.22. The molecule has 1 N–H and O–H groups in total. The van der Waals surface area contributed by atoms with Crippen LogP contribution in [-0.4, -0.2) is 28.4 Å². The molecule has 1 saturated carbocycles. The van der Waals surface area contributed by atoms with Crippen LogP contribution in [0.15, 0.2) is 6.07 Å². The fraction of sp³-hybridized carbons (Fsp3) is 0.765. The first-order valence-corrected chi connectivity index (χ1v) is 8.60. The summed E-state index contributed by atoms with van der Waals surface area (Å²) >= 11 is 0. The van der Waals surface area contributed by atoms with E-state index < -0.39 is 0 Å². The summed E-state index contributed by atoms with van der Waals surface area (Å²) in [5, 5.41) is 7.61. The van der Waals surface area contributed by atoms with E-state index in [0.29, 0.717) is 18.4 Å². The van der Waals surface area contributed by atoms with E-state index in [1.165, 1.54) is 32.1 Å². The van der Waals surface area contributed by atoms with E-state index in [0.717, 1.165) is 24.4 Å². The molecule has 1 aliphatic heterocycles. The molecule has 0 aromatic carbocycles. The first kappa shape index (κ1) is 15.5. The lowest BCUT2D eigenvalue weighted by atomic mass is 9.87. The van der Waals surface area contributed by atoms with Gasteiger partial charge in [-0.15, -0.1) is 0 Å². The second-order valence-electron chi connectivity index (χ2n) is 6.89. The van der Waals surface area contributed by atoms with Gasteiger partial charge in [0, 0.05) is 25.6 Å². The number of amides is 1.